The number of nitrogens with zero attached hydrogens (tertiary/aromatic N) is 4. The highest BCUT2D eigenvalue weighted by atomic mass is 16.6. The number of rotatable bonds is 6. The van der Waals surface area contributed by atoms with E-state index in [1.54, 1.807) is 0 Å². The van der Waals surface area contributed by atoms with Gasteiger partial charge in [0.05, 0.1) is 12.1 Å². The summed E-state index contributed by atoms with van der Waals surface area (Å²) in [5.41, 5.74) is -0.145. The van der Waals surface area contributed by atoms with Gasteiger partial charge in [0.1, 0.15) is 5.27 Å². The lowest BCUT2D eigenvalue weighted by Crippen LogP contribution is -2.68. The Balaban J connectivity index is 2.82. The first kappa shape index (κ1) is 16.8. The van der Waals surface area contributed by atoms with Crippen LogP contribution in [0.1, 0.15) is 48.5 Å². The Bertz CT molecular complexity index is 402. The van der Waals surface area contributed by atoms with Crippen molar-refractivity contribution < 1.29 is 14.4 Å². The maximum Gasteiger partial charge on any atom is 0.255 e. The smallest absolute Gasteiger partial charge is 0.255 e. The van der Waals surface area contributed by atoms with Crippen LogP contribution in [-0.2, 0) is 0 Å². The van der Waals surface area contributed by atoms with E-state index in [0.717, 1.165) is 13.1 Å². The van der Waals surface area contributed by atoms with Gasteiger partial charge >= 0.3 is 0 Å². The van der Waals surface area contributed by atoms with Gasteiger partial charge < -0.3 is 9.63 Å². The quantitative estimate of drug-likeness (QED) is 0.726. The predicted octanol–water partition coefficient (Wildman–Crippen LogP) is 0.891. The van der Waals surface area contributed by atoms with Crippen molar-refractivity contribution in [3.05, 3.63) is 6.20 Å². The summed E-state index contributed by atoms with van der Waals surface area (Å²) in [4.78, 5) is 3.93. The van der Waals surface area contributed by atoms with Crippen molar-refractivity contribution in [1.29, 1.82) is 0 Å². The maximum atomic E-state index is 11.2. The summed E-state index contributed by atoms with van der Waals surface area (Å²) in [7, 11) is 0. The number of hydrogen-bond donors (Lipinski definition) is 0. The first-order chi connectivity index (χ1) is 9.12. The molecule has 0 fully saturated rings. The Morgan fingerprint density at radius 1 is 1.20 bits per heavy atom. The fraction of sp³-hybridized carbons (Fsp3) is 0.857. The standard InChI is InChI=1S/C14H28N4O2/c1-11(2)16(12(3)4)8-9-17(14(5,6)7)18-10-13(19)20-15-18/h10-12H,8-9H2,1-7H3. The Morgan fingerprint density at radius 3 is 2.10 bits per heavy atom. The van der Waals surface area contributed by atoms with Gasteiger partial charge in [0, 0.05) is 23.4 Å². The molecule has 0 unspecified atom stereocenters. The summed E-state index contributed by atoms with van der Waals surface area (Å²) in [5.74, 6) is -0.427. The fourth-order valence-corrected chi connectivity index (χ4v) is 2.41. The monoisotopic (exact) mass is 284 g/mol. The molecule has 0 aliphatic heterocycles. The molecule has 0 aliphatic carbocycles. The zero-order valence-electron chi connectivity index (χ0n) is 13.8. The minimum Gasteiger partial charge on any atom is -0.539 e. The van der Waals surface area contributed by atoms with Crippen LogP contribution in [0.4, 0.5) is 0 Å². The molecule has 0 spiro atoms. The fourth-order valence-electron chi connectivity index (χ4n) is 2.41. The van der Waals surface area contributed by atoms with Gasteiger partial charge in [0.2, 0.25) is 0 Å². The molecule has 0 aliphatic rings. The zero-order valence-corrected chi connectivity index (χ0v) is 13.8. The highest BCUT2D eigenvalue weighted by molar-refractivity contribution is 4.91. The van der Waals surface area contributed by atoms with Crippen LogP contribution in [0.5, 0.6) is 5.95 Å². The van der Waals surface area contributed by atoms with Gasteiger partial charge in [-0.25, -0.2) is 0 Å². The largest absolute Gasteiger partial charge is 0.539 e. The third kappa shape index (κ3) is 4.37. The van der Waals surface area contributed by atoms with Crippen molar-refractivity contribution in [2.75, 3.05) is 18.1 Å². The summed E-state index contributed by atoms with van der Waals surface area (Å²) in [6, 6.07) is 0.961. The summed E-state index contributed by atoms with van der Waals surface area (Å²) >= 11 is 0. The lowest BCUT2D eigenvalue weighted by molar-refractivity contribution is -0.765. The van der Waals surface area contributed by atoms with Crippen molar-refractivity contribution in [3.63, 3.8) is 0 Å². The molecule has 0 bridgehead atoms. The van der Waals surface area contributed by atoms with Crippen molar-refractivity contribution in [2.45, 2.75) is 66.1 Å². The maximum absolute atomic E-state index is 11.2. The van der Waals surface area contributed by atoms with Gasteiger partial charge in [-0.3, -0.25) is 4.90 Å². The molecule has 6 heteroatoms. The highest BCUT2D eigenvalue weighted by Crippen LogP contribution is 2.10. The second-order valence-electron chi connectivity index (χ2n) is 6.66. The van der Waals surface area contributed by atoms with Crippen LogP contribution in [0, 0.1) is 0 Å². The van der Waals surface area contributed by atoms with E-state index in [0.29, 0.717) is 12.1 Å². The molecule has 0 atom stereocenters. The average Bonchev–Trinajstić information content (AvgIpc) is 2.67. The Labute approximate surface area is 121 Å². The van der Waals surface area contributed by atoms with Crippen LogP contribution in [-0.4, -0.2) is 40.9 Å². The first-order valence-corrected chi connectivity index (χ1v) is 7.22. The molecule has 20 heavy (non-hydrogen) atoms. The van der Waals surface area contributed by atoms with E-state index in [4.69, 9.17) is 0 Å². The molecule has 0 radical (unpaired) electrons. The zero-order chi connectivity index (χ0) is 15.5. The van der Waals surface area contributed by atoms with Crippen molar-refractivity contribution in [3.8, 4) is 5.95 Å². The minimum atomic E-state index is -0.427. The van der Waals surface area contributed by atoms with Gasteiger partial charge in [-0.2, -0.15) is 0 Å². The molecular formula is C14H28N4O2. The van der Waals surface area contributed by atoms with Crippen molar-refractivity contribution in [2.24, 2.45) is 0 Å². The molecule has 0 aromatic carbocycles. The SMILES string of the molecule is CC(C)N(CCN([n+]1cc([O-])on1)C(C)(C)C)C(C)C. The molecule has 0 amide bonds. The van der Waals surface area contributed by atoms with E-state index in [2.05, 4.69) is 63.2 Å². The highest BCUT2D eigenvalue weighted by Gasteiger charge is 2.31. The van der Waals surface area contributed by atoms with Crippen LogP contribution < -0.4 is 14.9 Å². The Kier molecular flexibility index (Phi) is 5.39. The van der Waals surface area contributed by atoms with Crippen LogP contribution >= 0.6 is 0 Å². The van der Waals surface area contributed by atoms with E-state index < -0.39 is 5.95 Å². The van der Waals surface area contributed by atoms with Crippen LogP contribution in [0.25, 0.3) is 0 Å². The second kappa shape index (κ2) is 6.43. The van der Waals surface area contributed by atoms with Crippen LogP contribution in [0.2, 0.25) is 0 Å². The van der Waals surface area contributed by atoms with E-state index in [1.807, 2.05) is 5.01 Å². The predicted molar refractivity (Wildman–Crippen MR) is 76.0 cm³/mol. The molecule has 0 saturated heterocycles. The number of aromatic nitrogens is 2. The van der Waals surface area contributed by atoms with Crippen LogP contribution in [0.3, 0.4) is 0 Å². The summed E-state index contributed by atoms with van der Waals surface area (Å²) in [5, 5.41) is 17.0. The lowest BCUT2D eigenvalue weighted by Gasteiger charge is -2.34. The van der Waals surface area contributed by atoms with Gasteiger partial charge in [0.15, 0.2) is 5.95 Å². The summed E-state index contributed by atoms with van der Waals surface area (Å²) < 4.78 is 4.64. The van der Waals surface area contributed by atoms with Gasteiger partial charge in [-0.1, -0.05) is 0 Å². The lowest BCUT2D eigenvalue weighted by atomic mass is 10.1. The molecule has 0 saturated carbocycles. The Morgan fingerprint density at radius 2 is 1.75 bits per heavy atom. The van der Waals surface area contributed by atoms with E-state index in [9.17, 15) is 5.11 Å². The Hall–Kier alpha value is -1.30. The summed E-state index contributed by atoms with van der Waals surface area (Å²) in [6.45, 7) is 16.7. The van der Waals surface area contributed by atoms with Gasteiger partial charge in [-0.05, 0) is 48.5 Å². The average molecular weight is 284 g/mol. The van der Waals surface area contributed by atoms with Crippen molar-refractivity contribution in [1.82, 2.24) is 10.2 Å². The molecule has 1 rings (SSSR count). The molecule has 6 nitrogen and oxygen atoms in total. The first-order valence-electron chi connectivity index (χ1n) is 7.22. The van der Waals surface area contributed by atoms with Gasteiger partial charge in [-0.15, -0.1) is 5.01 Å². The van der Waals surface area contributed by atoms with E-state index >= 15 is 0 Å². The van der Waals surface area contributed by atoms with E-state index in [-0.39, 0.29) is 5.54 Å². The molecule has 0 N–H and O–H groups in total. The molecule has 116 valence electrons. The van der Waals surface area contributed by atoms with E-state index in [1.165, 1.54) is 11.0 Å². The summed E-state index contributed by atoms with van der Waals surface area (Å²) in [6.07, 6.45) is 1.38. The molecule has 1 heterocycles. The topological polar surface area (TPSA) is 59.5 Å². The molecular weight excluding hydrogens is 256 g/mol. The minimum absolute atomic E-state index is 0.145. The third-order valence-corrected chi connectivity index (χ3v) is 3.35. The van der Waals surface area contributed by atoms with Crippen LogP contribution in [0.15, 0.2) is 10.7 Å². The van der Waals surface area contributed by atoms with Gasteiger partial charge in [0.25, 0.3) is 6.20 Å². The number of hydrogen-bond acceptors (Lipinski definition) is 5. The van der Waals surface area contributed by atoms with Crippen molar-refractivity contribution >= 4 is 0 Å². The third-order valence-electron chi connectivity index (χ3n) is 3.35. The molecule has 1 aromatic heterocycles. The molecule has 1 aromatic rings. The second-order valence-corrected chi connectivity index (χ2v) is 6.66. The normalized spacial score (nSPS) is 12.7.